The normalized spacial score (nSPS) is 17.2. The van der Waals surface area contributed by atoms with Crippen LogP contribution in [-0.4, -0.2) is 49.7 Å². The molecule has 9 heteroatoms. The molecule has 0 spiro atoms. The quantitative estimate of drug-likeness (QED) is 0.845. The lowest BCUT2D eigenvalue weighted by atomic mass is 10.2. The van der Waals surface area contributed by atoms with Crippen molar-refractivity contribution in [2.45, 2.75) is 33.0 Å². The summed E-state index contributed by atoms with van der Waals surface area (Å²) < 4.78 is 29.7. The second-order valence-corrected chi connectivity index (χ2v) is 8.59. The van der Waals surface area contributed by atoms with Gasteiger partial charge >= 0.3 is 0 Å². The molecule has 24 heavy (non-hydrogen) atoms. The molecule has 1 N–H and O–H groups in total. The molecule has 0 radical (unpaired) electrons. The number of nitrogens with zero attached hydrogens (tertiary/aromatic N) is 5. The fourth-order valence-electron chi connectivity index (χ4n) is 2.97. The molecule has 0 bridgehead atoms. The van der Waals surface area contributed by atoms with Crippen LogP contribution < -0.4 is 0 Å². The lowest BCUT2D eigenvalue weighted by molar-refractivity contribution is 0.203. The second-order valence-electron chi connectivity index (χ2n) is 6.57. The lowest BCUT2D eigenvalue weighted by Crippen LogP contribution is -2.40. The molecular formula is C15H23N5O3S. The Labute approximate surface area is 141 Å². The highest BCUT2D eigenvalue weighted by molar-refractivity contribution is 7.89. The summed E-state index contributed by atoms with van der Waals surface area (Å²) >= 11 is 0. The van der Waals surface area contributed by atoms with E-state index in [0.717, 1.165) is 5.69 Å². The van der Waals surface area contributed by atoms with E-state index < -0.39 is 16.1 Å². The summed E-state index contributed by atoms with van der Waals surface area (Å²) in [6, 6.07) is 3.51. The molecule has 2 aromatic rings. The summed E-state index contributed by atoms with van der Waals surface area (Å²) in [7, 11) is -1.51. The number of sulfonamides is 1. The summed E-state index contributed by atoms with van der Waals surface area (Å²) in [5, 5.41) is 19.0. The minimum absolute atomic E-state index is 0.0871. The molecule has 3 heterocycles. The van der Waals surface area contributed by atoms with E-state index in [2.05, 4.69) is 10.2 Å². The molecule has 0 aliphatic carbocycles. The monoisotopic (exact) mass is 353 g/mol. The Morgan fingerprint density at radius 2 is 2.08 bits per heavy atom. The van der Waals surface area contributed by atoms with Gasteiger partial charge in [0.25, 0.3) is 0 Å². The Bertz CT molecular complexity index is 824. The summed E-state index contributed by atoms with van der Waals surface area (Å²) in [5.74, 6) is 0.232. The number of hydrogen-bond donors (Lipinski definition) is 1. The van der Waals surface area contributed by atoms with Crippen molar-refractivity contribution in [3.05, 3.63) is 35.4 Å². The molecule has 0 amide bonds. The second kappa shape index (κ2) is 6.30. The highest BCUT2D eigenvalue weighted by Gasteiger charge is 2.29. The first-order valence-corrected chi connectivity index (χ1v) is 9.59. The topological polar surface area (TPSA) is 93.2 Å². The summed E-state index contributed by atoms with van der Waals surface area (Å²) in [6.45, 7) is 4.98. The van der Waals surface area contributed by atoms with Gasteiger partial charge in [-0.15, -0.1) is 0 Å². The highest BCUT2D eigenvalue weighted by atomic mass is 32.2. The van der Waals surface area contributed by atoms with Gasteiger partial charge < -0.3 is 5.11 Å². The average molecular weight is 353 g/mol. The van der Waals surface area contributed by atoms with Gasteiger partial charge in [-0.2, -0.15) is 14.5 Å². The van der Waals surface area contributed by atoms with Gasteiger partial charge in [-0.25, -0.2) is 8.42 Å². The third kappa shape index (κ3) is 3.24. The van der Waals surface area contributed by atoms with Crippen LogP contribution in [0.1, 0.15) is 37.0 Å². The van der Waals surface area contributed by atoms with Gasteiger partial charge in [-0.3, -0.25) is 9.36 Å². The van der Waals surface area contributed by atoms with Crippen LogP contribution in [0.5, 0.6) is 0 Å². The highest BCUT2D eigenvalue weighted by Crippen LogP contribution is 2.24. The smallest absolute Gasteiger partial charge is 0.214 e. The fourth-order valence-corrected chi connectivity index (χ4v) is 4.71. The predicted molar refractivity (Wildman–Crippen MR) is 88.5 cm³/mol. The number of fused-ring (bicyclic) bond motifs is 1. The van der Waals surface area contributed by atoms with Crippen LogP contribution in [0, 0.1) is 5.92 Å². The van der Waals surface area contributed by atoms with Crippen LogP contribution in [0.2, 0.25) is 0 Å². The third-order valence-electron chi connectivity index (χ3n) is 4.14. The summed E-state index contributed by atoms with van der Waals surface area (Å²) in [4.78, 5) is 0. The first-order valence-electron chi connectivity index (χ1n) is 7.98. The van der Waals surface area contributed by atoms with E-state index in [1.165, 1.54) is 4.31 Å². The number of aryl methyl sites for hydroxylation is 1. The zero-order chi connectivity index (χ0) is 17.5. The van der Waals surface area contributed by atoms with Crippen molar-refractivity contribution in [2.75, 3.05) is 12.3 Å². The van der Waals surface area contributed by atoms with E-state index >= 15 is 0 Å². The predicted octanol–water partition coefficient (Wildman–Crippen LogP) is 0.500. The molecule has 1 aliphatic heterocycles. The van der Waals surface area contributed by atoms with Crippen molar-refractivity contribution in [2.24, 2.45) is 13.0 Å². The lowest BCUT2D eigenvalue weighted by Gasteiger charge is -2.27. The molecule has 0 saturated carbocycles. The Morgan fingerprint density at radius 1 is 1.33 bits per heavy atom. The number of aliphatic hydroxyl groups excluding tert-OH is 1. The fraction of sp³-hybridized carbons (Fsp3) is 0.600. The van der Waals surface area contributed by atoms with E-state index in [0.29, 0.717) is 31.0 Å². The van der Waals surface area contributed by atoms with Gasteiger partial charge in [0.2, 0.25) is 10.0 Å². The molecule has 2 aromatic heterocycles. The molecule has 0 fully saturated rings. The zero-order valence-corrected chi connectivity index (χ0v) is 14.9. The zero-order valence-electron chi connectivity index (χ0n) is 14.1. The average Bonchev–Trinajstić information content (AvgIpc) is 3.10. The van der Waals surface area contributed by atoms with Crippen LogP contribution in [0.4, 0.5) is 0 Å². The van der Waals surface area contributed by atoms with Gasteiger partial charge in [0, 0.05) is 19.8 Å². The summed E-state index contributed by atoms with van der Waals surface area (Å²) in [5.41, 5.74) is 1.95. The molecule has 0 saturated heterocycles. The van der Waals surface area contributed by atoms with Crippen LogP contribution in [0.15, 0.2) is 18.3 Å². The first kappa shape index (κ1) is 17.1. The maximum Gasteiger partial charge on any atom is 0.214 e. The molecule has 8 nitrogen and oxygen atoms in total. The van der Waals surface area contributed by atoms with E-state index in [-0.39, 0.29) is 11.7 Å². The van der Waals surface area contributed by atoms with Crippen molar-refractivity contribution in [1.29, 1.82) is 0 Å². The van der Waals surface area contributed by atoms with Gasteiger partial charge in [0.1, 0.15) is 6.10 Å². The Kier molecular flexibility index (Phi) is 4.50. The van der Waals surface area contributed by atoms with Gasteiger partial charge in [-0.1, -0.05) is 13.8 Å². The van der Waals surface area contributed by atoms with Crippen molar-refractivity contribution < 1.29 is 13.5 Å². The van der Waals surface area contributed by atoms with E-state index in [1.54, 1.807) is 34.7 Å². The SMILES string of the molecule is CC(C)CS(=O)(=O)N1CCn2nc([C@@H](O)c3ccnn3C)cc2C1. The van der Waals surface area contributed by atoms with Crippen LogP contribution >= 0.6 is 0 Å². The van der Waals surface area contributed by atoms with E-state index in [4.69, 9.17) is 0 Å². The molecular weight excluding hydrogens is 330 g/mol. The molecule has 1 aliphatic rings. The van der Waals surface area contributed by atoms with Crippen molar-refractivity contribution in [1.82, 2.24) is 23.9 Å². The van der Waals surface area contributed by atoms with E-state index in [1.807, 2.05) is 13.8 Å². The van der Waals surface area contributed by atoms with Crippen LogP contribution in [0.25, 0.3) is 0 Å². The number of hydrogen-bond acceptors (Lipinski definition) is 5. The van der Waals surface area contributed by atoms with Crippen molar-refractivity contribution in [3.8, 4) is 0 Å². The number of aliphatic hydroxyl groups is 1. The Morgan fingerprint density at radius 3 is 2.71 bits per heavy atom. The van der Waals surface area contributed by atoms with Gasteiger partial charge in [0.15, 0.2) is 0 Å². The van der Waals surface area contributed by atoms with Crippen LogP contribution in [-0.2, 0) is 30.2 Å². The van der Waals surface area contributed by atoms with Crippen molar-refractivity contribution in [3.63, 3.8) is 0 Å². The third-order valence-corrected chi connectivity index (χ3v) is 6.32. The molecule has 132 valence electrons. The summed E-state index contributed by atoms with van der Waals surface area (Å²) in [6.07, 6.45) is 0.741. The minimum Gasteiger partial charge on any atom is -0.380 e. The number of rotatable bonds is 5. The Balaban J connectivity index is 1.81. The van der Waals surface area contributed by atoms with Gasteiger partial charge in [0.05, 0.1) is 35.9 Å². The van der Waals surface area contributed by atoms with E-state index in [9.17, 15) is 13.5 Å². The first-order chi connectivity index (χ1) is 11.3. The van der Waals surface area contributed by atoms with Gasteiger partial charge in [-0.05, 0) is 18.1 Å². The van der Waals surface area contributed by atoms with Crippen molar-refractivity contribution >= 4 is 10.0 Å². The maximum absolute atomic E-state index is 12.4. The molecule has 3 rings (SSSR count). The minimum atomic E-state index is -3.27. The number of aromatic nitrogens is 4. The largest absolute Gasteiger partial charge is 0.380 e. The van der Waals surface area contributed by atoms with Crippen LogP contribution in [0.3, 0.4) is 0 Å². The molecule has 0 unspecified atom stereocenters. The maximum atomic E-state index is 12.4. The standard InChI is InChI=1S/C15H23N5O3S/c1-11(2)10-24(22,23)19-6-7-20-12(9-19)8-13(17-20)15(21)14-4-5-16-18(14)3/h4-5,8,11,15,21H,6-7,9-10H2,1-3H3/t15-/m1/s1. The Hall–Kier alpha value is -1.71. The molecule has 1 atom stereocenters. The molecule has 0 aromatic carbocycles.